The van der Waals surface area contributed by atoms with E-state index in [1.165, 1.54) is 4.57 Å². The fourth-order valence-corrected chi connectivity index (χ4v) is 4.95. The highest BCUT2D eigenvalue weighted by Crippen LogP contribution is 2.36. The van der Waals surface area contributed by atoms with Crippen LogP contribution in [-0.2, 0) is 12.8 Å². The Morgan fingerprint density at radius 3 is 2.71 bits per heavy atom. The van der Waals surface area contributed by atoms with E-state index in [9.17, 15) is 14.7 Å². The van der Waals surface area contributed by atoms with Gasteiger partial charge in [-0.15, -0.1) is 0 Å². The molecule has 4 N–H and O–H groups in total. The number of benzene rings is 2. The van der Waals surface area contributed by atoms with Gasteiger partial charge in [-0.3, -0.25) is 14.3 Å². The van der Waals surface area contributed by atoms with Crippen molar-refractivity contribution in [1.82, 2.24) is 19.9 Å². The summed E-state index contributed by atoms with van der Waals surface area (Å²) in [5.41, 5.74) is 2.92. The van der Waals surface area contributed by atoms with E-state index in [2.05, 4.69) is 15.3 Å². The molecule has 0 aliphatic carbocycles. The van der Waals surface area contributed by atoms with Crippen LogP contribution in [0.3, 0.4) is 0 Å². The van der Waals surface area contributed by atoms with Crippen molar-refractivity contribution in [1.29, 1.82) is 0 Å². The maximum atomic E-state index is 12.9. The average molecular weight is 461 g/mol. The van der Waals surface area contributed by atoms with Crippen molar-refractivity contribution in [2.75, 3.05) is 13.7 Å². The summed E-state index contributed by atoms with van der Waals surface area (Å²) >= 11 is 0. The number of fused-ring (bicyclic) bond motifs is 3. The number of nitrogens with one attached hydrogen (secondary N) is 3. The topological polar surface area (TPSA) is 112 Å². The largest absolute Gasteiger partial charge is 0.497 e. The van der Waals surface area contributed by atoms with E-state index in [0.29, 0.717) is 13.0 Å². The maximum Gasteiger partial charge on any atom is 0.331 e. The fraction of sp³-hybridized carbons (Fsp3) is 0.308. The first-order valence-corrected chi connectivity index (χ1v) is 11.5. The van der Waals surface area contributed by atoms with Crippen molar-refractivity contribution >= 4 is 10.9 Å². The van der Waals surface area contributed by atoms with Gasteiger partial charge in [-0.2, -0.15) is 0 Å². The fourth-order valence-electron chi connectivity index (χ4n) is 4.95. The van der Waals surface area contributed by atoms with Crippen molar-refractivity contribution in [3.05, 3.63) is 91.8 Å². The Balaban J connectivity index is 1.55. The first-order chi connectivity index (χ1) is 16.5. The van der Waals surface area contributed by atoms with Crippen LogP contribution in [0.15, 0.2) is 58.1 Å². The number of rotatable bonds is 6. The molecular weight excluding hydrogens is 432 g/mol. The van der Waals surface area contributed by atoms with Gasteiger partial charge in [-0.25, -0.2) is 4.79 Å². The molecule has 0 spiro atoms. The zero-order valence-corrected chi connectivity index (χ0v) is 19.2. The van der Waals surface area contributed by atoms with E-state index in [-0.39, 0.29) is 17.5 Å². The lowest BCUT2D eigenvalue weighted by Gasteiger charge is -2.26. The minimum absolute atomic E-state index is 0.144. The van der Waals surface area contributed by atoms with Gasteiger partial charge >= 0.3 is 5.69 Å². The van der Waals surface area contributed by atoms with Crippen molar-refractivity contribution in [2.45, 2.75) is 38.3 Å². The summed E-state index contributed by atoms with van der Waals surface area (Å²) in [5, 5.41) is 15.6. The van der Waals surface area contributed by atoms with Gasteiger partial charge in [0.2, 0.25) is 5.88 Å². The molecular formula is C26H28N4O4. The van der Waals surface area contributed by atoms with Gasteiger partial charge in [0.1, 0.15) is 11.3 Å². The van der Waals surface area contributed by atoms with Gasteiger partial charge in [0, 0.05) is 29.2 Å². The van der Waals surface area contributed by atoms with Crippen LogP contribution < -0.4 is 21.3 Å². The molecule has 176 valence electrons. The molecule has 0 bridgehead atoms. The predicted molar refractivity (Wildman–Crippen MR) is 131 cm³/mol. The lowest BCUT2D eigenvalue weighted by atomic mass is 9.95. The van der Waals surface area contributed by atoms with Crippen LogP contribution in [0.4, 0.5) is 0 Å². The van der Waals surface area contributed by atoms with Crippen LogP contribution in [0.25, 0.3) is 10.9 Å². The Kier molecular flexibility index (Phi) is 5.75. The number of nitrogens with zero attached hydrogens (tertiary/aromatic N) is 1. The van der Waals surface area contributed by atoms with Gasteiger partial charge in [-0.05, 0) is 55.5 Å². The predicted octanol–water partition coefficient (Wildman–Crippen LogP) is 3.16. The number of H-pyrrole nitrogens is 2. The van der Waals surface area contributed by atoms with Gasteiger partial charge in [-0.1, -0.05) is 30.3 Å². The molecule has 2 aromatic carbocycles. The third-order valence-corrected chi connectivity index (χ3v) is 6.73. The summed E-state index contributed by atoms with van der Waals surface area (Å²) in [7, 11) is 1.63. The molecule has 1 aliphatic heterocycles. The molecule has 0 fully saturated rings. The molecule has 8 heteroatoms. The van der Waals surface area contributed by atoms with Crippen molar-refractivity contribution in [3.8, 4) is 11.6 Å². The number of aromatic hydroxyl groups is 1. The Bertz CT molecular complexity index is 1450. The first kappa shape index (κ1) is 22.0. The molecule has 3 heterocycles. The molecule has 2 atom stereocenters. The molecule has 0 amide bonds. The van der Waals surface area contributed by atoms with Crippen molar-refractivity contribution < 1.29 is 9.84 Å². The SMILES string of the molecule is COc1ccc2[nH]c3c(c2c1)CCN[C@@H]3c1c(O)n([C@H](C)CCc2ccccc2)c(=O)[nH]c1=O. The standard InChI is InChI=1S/C26H28N4O4/c1-15(8-9-16-6-4-3-5-7-16)30-25(32)21(24(31)29-26(30)33)23-22-18(12-13-27-23)19-14-17(34-2)10-11-20(19)28-22/h3-7,10-11,14-15,23,27-28,32H,8-9,12-13H2,1-2H3,(H,29,31,33)/t15-,23-/m1/s1. The lowest BCUT2D eigenvalue weighted by Crippen LogP contribution is -2.39. The van der Waals surface area contributed by atoms with Crippen molar-refractivity contribution in [3.63, 3.8) is 0 Å². The third-order valence-electron chi connectivity index (χ3n) is 6.73. The van der Waals surface area contributed by atoms with Crippen LogP contribution in [0.5, 0.6) is 11.6 Å². The maximum absolute atomic E-state index is 12.9. The molecule has 0 radical (unpaired) electrons. The number of aryl methyl sites for hydroxylation is 1. The van der Waals surface area contributed by atoms with Gasteiger partial charge < -0.3 is 20.1 Å². The Morgan fingerprint density at radius 1 is 1.15 bits per heavy atom. The summed E-state index contributed by atoms with van der Waals surface area (Å²) in [6, 6.07) is 14.9. The summed E-state index contributed by atoms with van der Waals surface area (Å²) in [5.74, 6) is 0.460. The molecule has 8 nitrogen and oxygen atoms in total. The van der Waals surface area contributed by atoms with Gasteiger partial charge in [0.25, 0.3) is 5.56 Å². The molecule has 0 saturated heterocycles. The first-order valence-electron chi connectivity index (χ1n) is 11.5. The van der Waals surface area contributed by atoms with Crippen LogP contribution in [0.2, 0.25) is 0 Å². The summed E-state index contributed by atoms with van der Waals surface area (Å²) < 4.78 is 6.67. The second kappa shape index (κ2) is 8.87. The third kappa shape index (κ3) is 3.80. The van der Waals surface area contributed by atoms with E-state index in [4.69, 9.17) is 4.74 Å². The Morgan fingerprint density at radius 2 is 1.94 bits per heavy atom. The molecule has 0 saturated carbocycles. The van der Waals surface area contributed by atoms with Gasteiger partial charge in [0.05, 0.1) is 13.2 Å². The lowest BCUT2D eigenvalue weighted by molar-refractivity contribution is 0.349. The monoisotopic (exact) mass is 460 g/mol. The van der Waals surface area contributed by atoms with Crippen LogP contribution in [0.1, 0.15) is 47.8 Å². The van der Waals surface area contributed by atoms with Gasteiger partial charge in [0.15, 0.2) is 0 Å². The molecule has 2 aromatic heterocycles. The highest BCUT2D eigenvalue weighted by Gasteiger charge is 2.31. The highest BCUT2D eigenvalue weighted by molar-refractivity contribution is 5.86. The quantitative estimate of drug-likeness (QED) is 0.353. The summed E-state index contributed by atoms with van der Waals surface area (Å²) in [6.07, 6.45) is 2.15. The molecule has 1 aliphatic rings. The number of hydrogen-bond acceptors (Lipinski definition) is 5. The van der Waals surface area contributed by atoms with E-state index in [1.54, 1.807) is 7.11 Å². The number of aromatic amines is 2. The molecule has 0 unspecified atom stereocenters. The highest BCUT2D eigenvalue weighted by atomic mass is 16.5. The van der Waals surface area contributed by atoms with Crippen LogP contribution in [0, 0.1) is 0 Å². The normalized spacial score (nSPS) is 16.4. The zero-order valence-electron chi connectivity index (χ0n) is 19.2. The minimum atomic E-state index is -0.607. The summed E-state index contributed by atoms with van der Waals surface area (Å²) in [4.78, 5) is 31.5. The number of methoxy groups -OCH3 is 1. The van der Waals surface area contributed by atoms with E-state index >= 15 is 0 Å². The molecule has 5 rings (SSSR count). The zero-order chi connectivity index (χ0) is 23.8. The second-order valence-electron chi connectivity index (χ2n) is 8.81. The van der Waals surface area contributed by atoms with Crippen molar-refractivity contribution in [2.24, 2.45) is 0 Å². The van der Waals surface area contributed by atoms with Crippen LogP contribution >= 0.6 is 0 Å². The van der Waals surface area contributed by atoms with E-state index < -0.39 is 17.3 Å². The minimum Gasteiger partial charge on any atom is -0.497 e. The second-order valence-corrected chi connectivity index (χ2v) is 8.81. The van der Waals surface area contributed by atoms with Crippen LogP contribution in [-0.4, -0.2) is 33.3 Å². The number of ether oxygens (including phenoxy) is 1. The van der Waals surface area contributed by atoms with E-state index in [0.717, 1.165) is 46.3 Å². The Labute approximate surface area is 196 Å². The smallest absolute Gasteiger partial charge is 0.331 e. The number of hydrogen-bond donors (Lipinski definition) is 4. The molecule has 34 heavy (non-hydrogen) atoms. The average Bonchev–Trinajstić information content (AvgIpc) is 3.21. The Hall–Kier alpha value is -3.78. The number of aromatic nitrogens is 3. The van der Waals surface area contributed by atoms with E-state index in [1.807, 2.05) is 55.5 Å². The molecule has 4 aromatic rings. The summed E-state index contributed by atoms with van der Waals surface area (Å²) in [6.45, 7) is 2.50.